The van der Waals surface area contributed by atoms with Crippen molar-refractivity contribution in [3.63, 3.8) is 0 Å². The summed E-state index contributed by atoms with van der Waals surface area (Å²) in [6, 6.07) is 7.46. The molecule has 0 N–H and O–H groups in total. The van der Waals surface area contributed by atoms with Gasteiger partial charge in [-0.2, -0.15) is 0 Å². The molecule has 2 nitrogen and oxygen atoms in total. The van der Waals surface area contributed by atoms with Crippen LogP contribution < -0.4 is 4.74 Å². The van der Waals surface area contributed by atoms with Crippen LogP contribution in [0.25, 0.3) is 0 Å². The van der Waals surface area contributed by atoms with Crippen molar-refractivity contribution >= 4 is 29.3 Å². The van der Waals surface area contributed by atoms with E-state index in [0.29, 0.717) is 22.3 Å². The lowest BCUT2D eigenvalue weighted by atomic mass is 10.1. The first-order valence-corrected chi connectivity index (χ1v) is 7.80. The van der Waals surface area contributed by atoms with E-state index in [4.69, 9.17) is 4.74 Å². The number of rotatable bonds is 4. The summed E-state index contributed by atoms with van der Waals surface area (Å²) in [7, 11) is 1.61. The molecule has 0 atom stereocenters. The summed E-state index contributed by atoms with van der Waals surface area (Å²) >= 11 is 3.80. The van der Waals surface area contributed by atoms with Crippen molar-refractivity contribution in [2.24, 2.45) is 0 Å². The minimum Gasteiger partial charge on any atom is -0.496 e. The number of methoxy groups -OCH3 is 1. The molecule has 4 heteroatoms. The second-order valence-corrected chi connectivity index (χ2v) is 6.77. The summed E-state index contributed by atoms with van der Waals surface area (Å²) in [6.07, 6.45) is 1.87. The van der Waals surface area contributed by atoms with E-state index in [1.54, 1.807) is 7.11 Å². The van der Waals surface area contributed by atoms with Crippen molar-refractivity contribution in [3.8, 4) is 5.75 Å². The fourth-order valence-corrected chi connectivity index (χ4v) is 4.62. The third-order valence-electron chi connectivity index (χ3n) is 2.66. The van der Waals surface area contributed by atoms with Crippen LogP contribution in [-0.2, 0) is 0 Å². The molecular weight excluding hydrogens is 252 g/mol. The van der Waals surface area contributed by atoms with Gasteiger partial charge in [0, 0.05) is 6.42 Å². The third kappa shape index (κ3) is 3.42. The number of carbonyl (C=O) groups excluding carboxylic acids is 1. The Morgan fingerprint density at radius 3 is 2.76 bits per heavy atom. The van der Waals surface area contributed by atoms with Crippen molar-refractivity contribution < 1.29 is 9.53 Å². The Labute approximate surface area is 111 Å². The van der Waals surface area contributed by atoms with Crippen LogP contribution in [0.3, 0.4) is 0 Å². The SMILES string of the molecule is COc1ccccc1C(=O)CC1SCCCS1. The van der Waals surface area contributed by atoms with E-state index in [2.05, 4.69) is 0 Å². The van der Waals surface area contributed by atoms with Gasteiger partial charge in [0.15, 0.2) is 5.78 Å². The average molecular weight is 268 g/mol. The largest absolute Gasteiger partial charge is 0.496 e. The van der Waals surface area contributed by atoms with E-state index in [1.807, 2.05) is 47.8 Å². The maximum absolute atomic E-state index is 12.2. The van der Waals surface area contributed by atoms with Crippen LogP contribution in [0.15, 0.2) is 24.3 Å². The smallest absolute Gasteiger partial charge is 0.168 e. The Morgan fingerprint density at radius 2 is 2.06 bits per heavy atom. The Bertz CT molecular complexity index is 387. The molecule has 0 aromatic heterocycles. The van der Waals surface area contributed by atoms with Crippen LogP contribution in [-0.4, -0.2) is 29.0 Å². The first-order valence-electron chi connectivity index (χ1n) is 5.70. The maximum atomic E-state index is 12.2. The quantitative estimate of drug-likeness (QED) is 0.781. The highest BCUT2D eigenvalue weighted by molar-refractivity contribution is 8.17. The van der Waals surface area contributed by atoms with Gasteiger partial charge in [0.25, 0.3) is 0 Å². The van der Waals surface area contributed by atoms with Gasteiger partial charge < -0.3 is 4.74 Å². The molecule has 1 aromatic carbocycles. The van der Waals surface area contributed by atoms with E-state index in [0.717, 1.165) is 0 Å². The molecule has 0 spiro atoms. The van der Waals surface area contributed by atoms with Crippen LogP contribution in [0.5, 0.6) is 5.75 Å². The Hall–Kier alpha value is -0.610. The highest BCUT2D eigenvalue weighted by Gasteiger charge is 2.20. The van der Waals surface area contributed by atoms with Crippen LogP contribution in [0.2, 0.25) is 0 Å². The van der Waals surface area contributed by atoms with Crippen molar-refractivity contribution in [1.29, 1.82) is 0 Å². The van der Waals surface area contributed by atoms with Crippen LogP contribution >= 0.6 is 23.5 Å². The zero-order chi connectivity index (χ0) is 12.1. The van der Waals surface area contributed by atoms with Gasteiger partial charge in [-0.1, -0.05) is 12.1 Å². The van der Waals surface area contributed by atoms with Crippen molar-refractivity contribution in [3.05, 3.63) is 29.8 Å². The van der Waals surface area contributed by atoms with Gasteiger partial charge in [-0.15, -0.1) is 23.5 Å². The fraction of sp³-hybridized carbons (Fsp3) is 0.462. The summed E-state index contributed by atoms with van der Waals surface area (Å²) in [6.45, 7) is 0. The normalized spacial score (nSPS) is 16.8. The van der Waals surface area contributed by atoms with Crippen LogP contribution in [0, 0.1) is 0 Å². The van der Waals surface area contributed by atoms with Gasteiger partial charge in [0.2, 0.25) is 0 Å². The highest BCUT2D eigenvalue weighted by atomic mass is 32.2. The number of ether oxygens (including phenoxy) is 1. The Morgan fingerprint density at radius 1 is 1.35 bits per heavy atom. The standard InChI is InChI=1S/C13H16O2S2/c1-15-12-6-3-2-5-10(12)11(14)9-13-16-7-4-8-17-13/h2-3,5-6,13H,4,7-9H2,1H3. The molecule has 0 bridgehead atoms. The number of thioether (sulfide) groups is 2. The van der Waals surface area contributed by atoms with E-state index < -0.39 is 0 Å². The second kappa shape index (κ2) is 6.36. The number of ketones is 1. The van der Waals surface area contributed by atoms with E-state index in [1.165, 1.54) is 17.9 Å². The summed E-state index contributed by atoms with van der Waals surface area (Å²) < 4.78 is 5.64. The fourth-order valence-electron chi connectivity index (χ4n) is 1.79. The van der Waals surface area contributed by atoms with Crippen molar-refractivity contribution in [2.75, 3.05) is 18.6 Å². The van der Waals surface area contributed by atoms with Gasteiger partial charge in [-0.05, 0) is 30.1 Å². The van der Waals surface area contributed by atoms with E-state index in [-0.39, 0.29) is 5.78 Å². The molecule has 0 unspecified atom stereocenters. The van der Waals surface area contributed by atoms with E-state index >= 15 is 0 Å². The molecule has 1 aliphatic heterocycles. The minimum atomic E-state index is 0.189. The van der Waals surface area contributed by atoms with Crippen molar-refractivity contribution in [1.82, 2.24) is 0 Å². The first kappa shape index (κ1) is 12.8. The lowest BCUT2D eigenvalue weighted by molar-refractivity contribution is 0.0984. The lowest BCUT2D eigenvalue weighted by Crippen LogP contribution is -2.13. The molecule has 17 heavy (non-hydrogen) atoms. The highest BCUT2D eigenvalue weighted by Crippen LogP contribution is 2.34. The molecule has 1 fully saturated rings. The van der Waals surface area contributed by atoms with E-state index in [9.17, 15) is 4.79 Å². The number of para-hydroxylation sites is 1. The molecule has 0 saturated carbocycles. The van der Waals surface area contributed by atoms with Crippen LogP contribution in [0.4, 0.5) is 0 Å². The predicted molar refractivity (Wildman–Crippen MR) is 75.3 cm³/mol. The van der Waals surface area contributed by atoms with Gasteiger partial charge >= 0.3 is 0 Å². The topological polar surface area (TPSA) is 26.3 Å². The van der Waals surface area contributed by atoms with Gasteiger partial charge in [-0.25, -0.2) is 0 Å². The predicted octanol–water partition coefficient (Wildman–Crippen LogP) is 3.46. The van der Waals surface area contributed by atoms with Crippen molar-refractivity contribution in [2.45, 2.75) is 17.4 Å². The molecular formula is C13H16O2S2. The number of hydrogen-bond donors (Lipinski definition) is 0. The Balaban J connectivity index is 2.03. The molecule has 0 radical (unpaired) electrons. The molecule has 1 aromatic rings. The zero-order valence-corrected chi connectivity index (χ0v) is 11.5. The maximum Gasteiger partial charge on any atom is 0.168 e. The van der Waals surface area contributed by atoms with Crippen LogP contribution in [0.1, 0.15) is 23.2 Å². The van der Waals surface area contributed by atoms with Gasteiger partial charge in [-0.3, -0.25) is 4.79 Å². The lowest BCUT2D eigenvalue weighted by Gasteiger charge is -2.20. The third-order valence-corrected chi connectivity index (χ3v) is 5.60. The summed E-state index contributed by atoms with van der Waals surface area (Å²) in [5.74, 6) is 3.23. The summed E-state index contributed by atoms with van der Waals surface area (Å²) in [4.78, 5) is 12.2. The summed E-state index contributed by atoms with van der Waals surface area (Å²) in [5, 5.41) is 0. The Kier molecular flexibility index (Phi) is 4.80. The number of benzene rings is 1. The number of hydrogen-bond acceptors (Lipinski definition) is 4. The number of carbonyl (C=O) groups is 1. The minimum absolute atomic E-state index is 0.189. The number of Topliss-reactive ketones (excluding diaryl/α,β-unsaturated/α-hetero) is 1. The molecule has 0 aliphatic carbocycles. The summed E-state index contributed by atoms with van der Waals surface area (Å²) in [5.41, 5.74) is 0.710. The molecule has 0 amide bonds. The second-order valence-electron chi connectivity index (χ2n) is 3.85. The molecule has 2 rings (SSSR count). The first-order chi connectivity index (χ1) is 8.31. The molecule has 92 valence electrons. The molecule has 1 saturated heterocycles. The average Bonchev–Trinajstić information content (AvgIpc) is 2.40. The van der Waals surface area contributed by atoms with Gasteiger partial charge in [0.05, 0.1) is 17.3 Å². The zero-order valence-electron chi connectivity index (χ0n) is 9.85. The molecule has 1 heterocycles. The molecule has 1 aliphatic rings. The monoisotopic (exact) mass is 268 g/mol. The van der Waals surface area contributed by atoms with Gasteiger partial charge in [0.1, 0.15) is 5.75 Å².